The smallest absolute Gasteiger partial charge is 0.0849 e. The molecule has 3 N–H and O–H groups in total. The molecule has 1 atom stereocenters. The molecular weight excluding hydrogens is 178 g/mol. The Morgan fingerprint density at radius 1 is 1.43 bits per heavy atom. The lowest BCUT2D eigenvalue weighted by Gasteiger charge is -2.27. The van der Waals surface area contributed by atoms with Crippen LogP contribution >= 0.6 is 0 Å². The maximum atomic E-state index is 9.72. The fraction of sp³-hybridized carbons (Fsp3) is 1.00. The first kappa shape index (κ1) is 12.0. The molecule has 0 bridgehead atoms. The molecule has 1 aliphatic rings. The minimum absolute atomic E-state index is 0.121. The van der Waals surface area contributed by atoms with Crippen LogP contribution in [0.25, 0.3) is 0 Å². The maximum absolute atomic E-state index is 9.72. The number of aliphatic hydroxyl groups is 1. The monoisotopic (exact) mass is 201 g/mol. The Balaban J connectivity index is 2.20. The fourth-order valence-corrected chi connectivity index (χ4v) is 1.80. The average molecular weight is 201 g/mol. The number of ether oxygens (including phenoxy) is 1. The van der Waals surface area contributed by atoms with E-state index in [0.717, 1.165) is 12.8 Å². The van der Waals surface area contributed by atoms with Crippen molar-refractivity contribution in [1.29, 1.82) is 0 Å². The quantitative estimate of drug-likeness (QED) is 0.707. The minimum Gasteiger partial charge on any atom is -0.388 e. The van der Waals surface area contributed by atoms with Crippen LogP contribution in [0.1, 0.15) is 46.0 Å². The number of rotatable bonds is 5. The van der Waals surface area contributed by atoms with Crippen LogP contribution in [-0.2, 0) is 4.74 Å². The molecule has 1 unspecified atom stereocenters. The first-order valence-corrected chi connectivity index (χ1v) is 5.56. The highest BCUT2D eigenvalue weighted by molar-refractivity contribution is 4.89. The highest BCUT2D eigenvalue weighted by atomic mass is 16.5. The van der Waals surface area contributed by atoms with Gasteiger partial charge in [0.15, 0.2) is 0 Å². The molecule has 0 aromatic heterocycles. The summed E-state index contributed by atoms with van der Waals surface area (Å²) in [6, 6.07) is 0. The Kier molecular flexibility index (Phi) is 3.93. The molecule has 1 aliphatic carbocycles. The zero-order valence-electron chi connectivity index (χ0n) is 9.38. The van der Waals surface area contributed by atoms with E-state index in [2.05, 4.69) is 0 Å². The van der Waals surface area contributed by atoms with Crippen LogP contribution in [-0.4, -0.2) is 29.5 Å². The van der Waals surface area contributed by atoms with Crippen LogP contribution in [0.5, 0.6) is 0 Å². The third kappa shape index (κ3) is 3.56. The lowest BCUT2D eigenvalue weighted by molar-refractivity contribution is -0.0469. The highest BCUT2D eigenvalue weighted by Gasteiger charge is 2.30. The van der Waals surface area contributed by atoms with Crippen molar-refractivity contribution >= 4 is 0 Å². The van der Waals surface area contributed by atoms with E-state index in [1.54, 1.807) is 6.92 Å². The number of nitrogens with two attached hydrogens (primary N) is 1. The summed E-state index contributed by atoms with van der Waals surface area (Å²) in [7, 11) is 0. The Bertz CT molecular complexity index is 174. The molecule has 1 saturated carbocycles. The number of hydrogen-bond donors (Lipinski definition) is 2. The van der Waals surface area contributed by atoms with E-state index >= 15 is 0 Å². The standard InChI is InChI=1S/C11H23NO2/c1-3-10(2,13)8-14-9-11(12)6-4-5-7-11/h13H,3-9,12H2,1-2H3. The van der Waals surface area contributed by atoms with Gasteiger partial charge in [0, 0.05) is 5.54 Å². The van der Waals surface area contributed by atoms with Crippen molar-refractivity contribution in [3.05, 3.63) is 0 Å². The van der Waals surface area contributed by atoms with Crippen molar-refractivity contribution in [1.82, 2.24) is 0 Å². The Morgan fingerprint density at radius 2 is 2.00 bits per heavy atom. The molecule has 1 fully saturated rings. The normalized spacial score (nSPS) is 24.9. The maximum Gasteiger partial charge on any atom is 0.0849 e. The van der Waals surface area contributed by atoms with E-state index in [4.69, 9.17) is 10.5 Å². The van der Waals surface area contributed by atoms with Crippen molar-refractivity contribution in [2.75, 3.05) is 13.2 Å². The molecule has 0 aliphatic heterocycles. The summed E-state index contributed by atoms with van der Waals surface area (Å²) < 4.78 is 5.50. The summed E-state index contributed by atoms with van der Waals surface area (Å²) in [6.07, 6.45) is 5.25. The van der Waals surface area contributed by atoms with Crippen LogP contribution in [0.15, 0.2) is 0 Å². The molecular formula is C11H23NO2. The lowest BCUT2D eigenvalue weighted by atomic mass is 10.0. The van der Waals surface area contributed by atoms with Gasteiger partial charge in [0.25, 0.3) is 0 Å². The van der Waals surface area contributed by atoms with E-state index in [-0.39, 0.29) is 5.54 Å². The third-order valence-electron chi connectivity index (χ3n) is 3.16. The van der Waals surface area contributed by atoms with E-state index in [9.17, 15) is 5.11 Å². The van der Waals surface area contributed by atoms with Crippen LogP contribution in [0.4, 0.5) is 0 Å². The van der Waals surface area contributed by atoms with Gasteiger partial charge in [-0.15, -0.1) is 0 Å². The molecule has 3 nitrogen and oxygen atoms in total. The van der Waals surface area contributed by atoms with E-state index in [1.165, 1.54) is 12.8 Å². The summed E-state index contributed by atoms with van der Waals surface area (Å²) >= 11 is 0. The molecule has 0 aromatic carbocycles. The van der Waals surface area contributed by atoms with Gasteiger partial charge < -0.3 is 15.6 Å². The van der Waals surface area contributed by atoms with Crippen molar-refractivity contribution in [3.63, 3.8) is 0 Å². The van der Waals surface area contributed by atoms with Crippen molar-refractivity contribution in [2.24, 2.45) is 5.73 Å². The zero-order chi connectivity index (χ0) is 10.7. The van der Waals surface area contributed by atoms with Gasteiger partial charge in [-0.2, -0.15) is 0 Å². The zero-order valence-corrected chi connectivity index (χ0v) is 9.38. The predicted octanol–water partition coefficient (Wildman–Crippen LogP) is 1.44. The van der Waals surface area contributed by atoms with Gasteiger partial charge in [-0.1, -0.05) is 19.8 Å². The topological polar surface area (TPSA) is 55.5 Å². The Morgan fingerprint density at radius 3 is 2.50 bits per heavy atom. The van der Waals surface area contributed by atoms with E-state index < -0.39 is 5.60 Å². The third-order valence-corrected chi connectivity index (χ3v) is 3.16. The molecule has 1 rings (SSSR count). The summed E-state index contributed by atoms with van der Waals surface area (Å²) in [6.45, 7) is 4.73. The van der Waals surface area contributed by atoms with Gasteiger partial charge in [-0.05, 0) is 26.2 Å². The van der Waals surface area contributed by atoms with Crippen molar-refractivity contribution < 1.29 is 9.84 Å². The van der Waals surface area contributed by atoms with Gasteiger partial charge in [-0.25, -0.2) is 0 Å². The molecule has 0 aromatic rings. The molecule has 0 amide bonds. The van der Waals surface area contributed by atoms with Crippen LogP contribution in [0.3, 0.4) is 0 Å². The summed E-state index contributed by atoms with van der Waals surface area (Å²) in [5.74, 6) is 0. The van der Waals surface area contributed by atoms with Crippen LogP contribution < -0.4 is 5.73 Å². The Hall–Kier alpha value is -0.120. The first-order chi connectivity index (χ1) is 6.47. The molecule has 84 valence electrons. The second-order valence-corrected chi connectivity index (χ2v) is 4.91. The fourth-order valence-electron chi connectivity index (χ4n) is 1.80. The van der Waals surface area contributed by atoms with Crippen molar-refractivity contribution in [3.8, 4) is 0 Å². The number of hydrogen-bond acceptors (Lipinski definition) is 3. The second-order valence-electron chi connectivity index (χ2n) is 4.91. The summed E-state index contributed by atoms with van der Waals surface area (Å²) in [5.41, 5.74) is 5.30. The first-order valence-electron chi connectivity index (χ1n) is 5.56. The molecule has 3 heteroatoms. The van der Waals surface area contributed by atoms with Crippen molar-refractivity contribution in [2.45, 2.75) is 57.1 Å². The van der Waals surface area contributed by atoms with E-state index in [1.807, 2.05) is 6.92 Å². The van der Waals surface area contributed by atoms with Gasteiger partial charge in [-0.3, -0.25) is 0 Å². The highest BCUT2D eigenvalue weighted by Crippen LogP contribution is 2.27. The van der Waals surface area contributed by atoms with E-state index in [0.29, 0.717) is 19.6 Å². The van der Waals surface area contributed by atoms with Gasteiger partial charge >= 0.3 is 0 Å². The minimum atomic E-state index is -0.699. The summed E-state index contributed by atoms with van der Waals surface area (Å²) in [5, 5.41) is 9.72. The molecule has 0 heterocycles. The molecule has 0 saturated heterocycles. The lowest BCUT2D eigenvalue weighted by Crippen LogP contribution is -2.43. The van der Waals surface area contributed by atoms with Gasteiger partial charge in [0.2, 0.25) is 0 Å². The van der Waals surface area contributed by atoms with Crippen LogP contribution in [0.2, 0.25) is 0 Å². The van der Waals surface area contributed by atoms with Gasteiger partial charge in [0.1, 0.15) is 0 Å². The largest absolute Gasteiger partial charge is 0.388 e. The Labute approximate surface area is 86.6 Å². The predicted molar refractivity (Wildman–Crippen MR) is 57.1 cm³/mol. The second kappa shape index (κ2) is 4.60. The van der Waals surface area contributed by atoms with Crippen LogP contribution in [0, 0.1) is 0 Å². The SMILES string of the molecule is CCC(C)(O)COCC1(N)CCCC1. The molecule has 0 radical (unpaired) electrons. The molecule has 0 spiro atoms. The molecule has 14 heavy (non-hydrogen) atoms. The summed E-state index contributed by atoms with van der Waals surface area (Å²) in [4.78, 5) is 0. The average Bonchev–Trinajstić information content (AvgIpc) is 2.52. The van der Waals surface area contributed by atoms with Gasteiger partial charge in [0.05, 0.1) is 18.8 Å².